The molecule has 0 aliphatic rings. The Labute approximate surface area is 126 Å². The van der Waals surface area contributed by atoms with Crippen molar-refractivity contribution in [1.82, 2.24) is 15.1 Å². The number of likely N-dealkylation sites (N-methyl/N-ethyl adjacent to an activating group) is 1. The fraction of sp³-hybridized carbons (Fsp3) is 0.471. The van der Waals surface area contributed by atoms with E-state index in [0.29, 0.717) is 0 Å². The molecule has 0 spiro atoms. The summed E-state index contributed by atoms with van der Waals surface area (Å²) >= 11 is 0. The quantitative estimate of drug-likeness (QED) is 0.881. The predicted octanol–water partition coefficient (Wildman–Crippen LogP) is 3.55. The standard InChI is InChI=1S/C17H24FN3/c1-5-19-17(15-8-7-12(3)9-16(15)18)11-14-10-13(4)20-21(14)6-2/h7-10,17,19H,5-6,11H2,1-4H3. The molecule has 3 nitrogen and oxygen atoms in total. The van der Waals surface area contributed by atoms with Crippen LogP contribution in [0.5, 0.6) is 0 Å². The topological polar surface area (TPSA) is 29.9 Å². The Morgan fingerprint density at radius 2 is 2.00 bits per heavy atom. The van der Waals surface area contributed by atoms with Gasteiger partial charge in [-0.3, -0.25) is 4.68 Å². The lowest BCUT2D eigenvalue weighted by Gasteiger charge is -2.19. The Morgan fingerprint density at radius 1 is 1.24 bits per heavy atom. The minimum absolute atomic E-state index is 0.0306. The van der Waals surface area contributed by atoms with E-state index in [1.165, 1.54) is 0 Å². The summed E-state index contributed by atoms with van der Waals surface area (Å²) < 4.78 is 16.2. The van der Waals surface area contributed by atoms with Crippen LogP contribution < -0.4 is 5.32 Å². The van der Waals surface area contributed by atoms with E-state index in [4.69, 9.17) is 0 Å². The van der Waals surface area contributed by atoms with E-state index in [0.717, 1.165) is 42.0 Å². The van der Waals surface area contributed by atoms with Gasteiger partial charge in [-0.15, -0.1) is 0 Å². The van der Waals surface area contributed by atoms with Crippen molar-refractivity contribution < 1.29 is 4.39 Å². The molecule has 114 valence electrons. The summed E-state index contributed by atoms with van der Waals surface area (Å²) in [6.45, 7) is 9.65. The lowest BCUT2D eigenvalue weighted by atomic mass is 9.99. The van der Waals surface area contributed by atoms with Gasteiger partial charge in [-0.2, -0.15) is 5.10 Å². The molecule has 4 heteroatoms. The zero-order chi connectivity index (χ0) is 15.4. The summed E-state index contributed by atoms with van der Waals surface area (Å²) in [6.07, 6.45) is 0.739. The van der Waals surface area contributed by atoms with Crippen LogP contribution in [0.3, 0.4) is 0 Å². The van der Waals surface area contributed by atoms with Crippen molar-refractivity contribution in [3.05, 3.63) is 52.6 Å². The van der Waals surface area contributed by atoms with E-state index >= 15 is 0 Å². The van der Waals surface area contributed by atoms with Crippen LogP contribution in [0.4, 0.5) is 4.39 Å². The van der Waals surface area contributed by atoms with Gasteiger partial charge in [0.25, 0.3) is 0 Å². The van der Waals surface area contributed by atoms with E-state index < -0.39 is 0 Å². The largest absolute Gasteiger partial charge is 0.310 e. The third-order valence-electron chi connectivity index (χ3n) is 3.68. The molecule has 1 atom stereocenters. The molecule has 1 N–H and O–H groups in total. The number of benzene rings is 1. The van der Waals surface area contributed by atoms with Gasteiger partial charge in [0.05, 0.1) is 5.69 Å². The molecular formula is C17H24FN3. The molecule has 21 heavy (non-hydrogen) atoms. The van der Waals surface area contributed by atoms with Gasteiger partial charge in [0, 0.05) is 30.3 Å². The highest BCUT2D eigenvalue weighted by Crippen LogP contribution is 2.22. The van der Waals surface area contributed by atoms with Crippen molar-refractivity contribution in [2.75, 3.05) is 6.54 Å². The van der Waals surface area contributed by atoms with Gasteiger partial charge in [0.1, 0.15) is 5.82 Å². The Balaban J connectivity index is 2.30. The maximum atomic E-state index is 14.3. The maximum Gasteiger partial charge on any atom is 0.128 e. The van der Waals surface area contributed by atoms with Gasteiger partial charge in [-0.05, 0) is 45.0 Å². The number of hydrogen-bond donors (Lipinski definition) is 1. The summed E-state index contributed by atoms with van der Waals surface area (Å²) in [5.41, 5.74) is 3.82. The first-order valence-corrected chi connectivity index (χ1v) is 7.57. The molecule has 0 saturated heterocycles. The highest BCUT2D eigenvalue weighted by Gasteiger charge is 2.18. The lowest BCUT2D eigenvalue weighted by molar-refractivity contribution is 0.489. The van der Waals surface area contributed by atoms with Crippen molar-refractivity contribution >= 4 is 0 Å². The number of aromatic nitrogens is 2. The fourth-order valence-corrected chi connectivity index (χ4v) is 2.70. The Bertz CT molecular complexity index is 604. The van der Waals surface area contributed by atoms with Crippen LogP contribution in [0.25, 0.3) is 0 Å². The second-order valence-corrected chi connectivity index (χ2v) is 5.43. The minimum Gasteiger partial charge on any atom is -0.310 e. The highest BCUT2D eigenvalue weighted by atomic mass is 19.1. The average Bonchev–Trinajstić information content (AvgIpc) is 2.78. The smallest absolute Gasteiger partial charge is 0.128 e. The molecule has 0 bridgehead atoms. The zero-order valence-electron chi connectivity index (χ0n) is 13.3. The maximum absolute atomic E-state index is 14.3. The predicted molar refractivity (Wildman–Crippen MR) is 83.9 cm³/mol. The fourth-order valence-electron chi connectivity index (χ4n) is 2.70. The average molecular weight is 289 g/mol. The number of rotatable bonds is 6. The Kier molecular flexibility index (Phi) is 5.12. The Morgan fingerprint density at radius 3 is 2.62 bits per heavy atom. The van der Waals surface area contributed by atoms with Crippen molar-refractivity contribution in [2.24, 2.45) is 0 Å². The molecule has 1 unspecified atom stereocenters. The SMILES string of the molecule is CCNC(Cc1cc(C)nn1CC)c1ccc(C)cc1F. The molecule has 0 radical (unpaired) electrons. The number of nitrogens with one attached hydrogen (secondary N) is 1. The van der Waals surface area contributed by atoms with Gasteiger partial charge >= 0.3 is 0 Å². The number of nitrogens with zero attached hydrogens (tertiary/aromatic N) is 2. The van der Waals surface area contributed by atoms with Gasteiger partial charge in [-0.25, -0.2) is 4.39 Å². The van der Waals surface area contributed by atoms with Crippen molar-refractivity contribution in [2.45, 2.75) is 46.7 Å². The zero-order valence-corrected chi connectivity index (χ0v) is 13.3. The molecule has 0 fully saturated rings. The second kappa shape index (κ2) is 6.85. The van der Waals surface area contributed by atoms with Gasteiger partial charge in [0.2, 0.25) is 0 Å². The van der Waals surface area contributed by atoms with E-state index in [9.17, 15) is 4.39 Å². The van der Waals surface area contributed by atoms with Crippen LogP contribution in [-0.2, 0) is 13.0 Å². The van der Waals surface area contributed by atoms with Crippen LogP contribution in [0.2, 0.25) is 0 Å². The molecule has 0 amide bonds. The summed E-state index contributed by atoms with van der Waals surface area (Å²) in [4.78, 5) is 0. The van der Waals surface area contributed by atoms with Crippen molar-refractivity contribution in [3.8, 4) is 0 Å². The first-order chi connectivity index (χ1) is 10.0. The molecule has 0 aliphatic heterocycles. The molecule has 1 aromatic heterocycles. The molecular weight excluding hydrogens is 265 g/mol. The summed E-state index contributed by atoms with van der Waals surface area (Å²) in [6, 6.07) is 7.50. The molecule has 1 aromatic carbocycles. The molecule has 2 aromatic rings. The Hall–Kier alpha value is -1.68. The third-order valence-corrected chi connectivity index (χ3v) is 3.68. The summed E-state index contributed by atoms with van der Waals surface area (Å²) in [5, 5.41) is 7.85. The molecule has 0 aliphatic carbocycles. The molecule has 0 saturated carbocycles. The highest BCUT2D eigenvalue weighted by molar-refractivity contribution is 5.27. The van der Waals surface area contributed by atoms with E-state index in [-0.39, 0.29) is 11.9 Å². The van der Waals surface area contributed by atoms with Crippen LogP contribution in [0.15, 0.2) is 24.3 Å². The van der Waals surface area contributed by atoms with Crippen molar-refractivity contribution in [3.63, 3.8) is 0 Å². The van der Waals surface area contributed by atoms with Crippen molar-refractivity contribution in [1.29, 1.82) is 0 Å². The molecule has 1 heterocycles. The first-order valence-electron chi connectivity index (χ1n) is 7.57. The monoisotopic (exact) mass is 289 g/mol. The first kappa shape index (κ1) is 15.7. The summed E-state index contributed by atoms with van der Waals surface area (Å²) in [5.74, 6) is -0.139. The lowest BCUT2D eigenvalue weighted by Crippen LogP contribution is -2.25. The summed E-state index contributed by atoms with van der Waals surface area (Å²) in [7, 11) is 0. The van der Waals surface area contributed by atoms with Gasteiger partial charge < -0.3 is 5.32 Å². The van der Waals surface area contributed by atoms with Crippen LogP contribution in [0, 0.1) is 19.7 Å². The van der Waals surface area contributed by atoms with Crippen LogP contribution in [0.1, 0.15) is 42.4 Å². The number of halogens is 1. The number of aryl methyl sites for hydroxylation is 3. The minimum atomic E-state index is -0.139. The van der Waals surface area contributed by atoms with E-state index in [1.807, 2.05) is 37.6 Å². The third kappa shape index (κ3) is 3.70. The normalized spacial score (nSPS) is 12.6. The molecule has 2 rings (SSSR count). The van der Waals surface area contributed by atoms with Crippen LogP contribution >= 0.6 is 0 Å². The van der Waals surface area contributed by atoms with Crippen LogP contribution in [-0.4, -0.2) is 16.3 Å². The van der Waals surface area contributed by atoms with E-state index in [1.54, 1.807) is 6.07 Å². The van der Waals surface area contributed by atoms with Gasteiger partial charge in [0.15, 0.2) is 0 Å². The van der Waals surface area contributed by atoms with E-state index in [2.05, 4.69) is 23.4 Å². The van der Waals surface area contributed by atoms with Gasteiger partial charge in [-0.1, -0.05) is 19.1 Å². The second-order valence-electron chi connectivity index (χ2n) is 5.43. The number of hydrogen-bond acceptors (Lipinski definition) is 2.